The van der Waals surface area contributed by atoms with Crippen LogP contribution in [0.4, 0.5) is 0 Å². The zero-order chi connectivity index (χ0) is 12.1. The molecule has 1 aliphatic heterocycles. The lowest BCUT2D eigenvalue weighted by atomic mass is 9.80. The number of likely N-dealkylation sites (tertiary alicyclic amines) is 1. The van der Waals surface area contributed by atoms with E-state index in [2.05, 4.69) is 24.1 Å². The van der Waals surface area contributed by atoms with Gasteiger partial charge in [-0.1, -0.05) is 20.3 Å². The summed E-state index contributed by atoms with van der Waals surface area (Å²) in [5, 5.41) is 3.79. The van der Waals surface area contributed by atoms with Crippen molar-refractivity contribution in [1.82, 2.24) is 10.2 Å². The molecule has 2 atom stereocenters. The Hall–Kier alpha value is -0.0800. The predicted molar refractivity (Wildman–Crippen MR) is 74.3 cm³/mol. The first-order valence-corrected chi connectivity index (χ1v) is 7.70. The lowest BCUT2D eigenvalue weighted by molar-refractivity contribution is 0.206. The maximum absolute atomic E-state index is 3.79. The molecule has 0 aromatic rings. The lowest BCUT2D eigenvalue weighted by Gasteiger charge is -2.33. The summed E-state index contributed by atoms with van der Waals surface area (Å²) < 4.78 is 0. The van der Waals surface area contributed by atoms with Gasteiger partial charge in [0.15, 0.2) is 0 Å². The van der Waals surface area contributed by atoms with E-state index in [1.807, 2.05) is 0 Å². The van der Waals surface area contributed by atoms with Gasteiger partial charge in [0, 0.05) is 19.1 Å². The van der Waals surface area contributed by atoms with Crippen LogP contribution in [0.5, 0.6) is 0 Å². The summed E-state index contributed by atoms with van der Waals surface area (Å²) in [7, 11) is 0. The van der Waals surface area contributed by atoms with Gasteiger partial charge in [0.2, 0.25) is 0 Å². The first-order chi connectivity index (χ1) is 8.24. The topological polar surface area (TPSA) is 15.3 Å². The van der Waals surface area contributed by atoms with Gasteiger partial charge in [-0.2, -0.15) is 0 Å². The monoisotopic (exact) mass is 238 g/mol. The van der Waals surface area contributed by atoms with Crippen LogP contribution in [0.25, 0.3) is 0 Å². The Kier molecular flexibility index (Phi) is 5.30. The minimum atomic E-state index is 0.790. The van der Waals surface area contributed by atoms with E-state index in [4.69, 9.17) is 0 Å². The molecule has 2 fully saturated rings. The second-order valence-corrected chi connectivity index (χ2v) is 6.47. The molecule has 1 saturated carbocycles. The normalized spacial score (nSPS) is 36.0. The Morgan fingerprint density at radius 2 is 1.59 bits per heavy atom. The van der Waals surface area contributed by atoms with Gasteiger partial charge in [-0.15, -0.1) is 0 Å². The van der Waals surface area contributed by atoms with Gasteiger partial charge in [0.1, 0.15) is 0 Å². The molecule has 0 amide bonds. The SMILES string of the molecule is CC1CC(C)CC(NCCN2CCCCC2)C1. The lowest BCUT2D eigenvalue weighted by Crippen LogP contribution is -2.42. The zero-order valence-corrected chi connectivity index (χ0v) is 11.8. The summed E-state index contributed by atoms with van der Waals surface area (Å²) in [4.78, 5) is 2.63. The van der Waals surface area contributed by atoms with Gasteiger partial charge >= 0.3 is 0 Å². The van der Waals surface area contributed by atoms with Crippen molar-refractivity contribution >= 4 is 0 Å². The van der Waals surface area contributed by atoms with E-state index < -0.39 is 0 Å². The number of nitrogens with one attached hydrogen (secondary N) is 1. The smallest absolute Gasteiger partial charge is 0.0107 e. The molecule has 1 saturated heterocycles. The summed E-state index contributed by atoms with van der Waals surface area (Å²) in [6, 6.07) is 0.790. The van der Waals surface area contributed by atoms with Crippen LogP contribution in [0, 0.1) is 11.8 Å². The van der Waals surface area contributed by atoms with Crippen LogP contribution in [0.2, 0.25) is 0 Å². The van der Waals surface area contributed by atoms with E-state index in [1.165, 1.54) is 64.7 Å². The molecule has 2 heteroatoms. The summed E-state index contributed by atoms with van der Waals surface area (Å²) in [6.45, 7) is 9.95. The largest absolute Gasteiger partial charge is 0.313 e. The summed E-state index contributed by atoms with van der Waals surface area (Å²) in [5.74, 6) is 1.84. The second kappa shape index (κ2) is 6.75. The zero-order valence-electron chi connectivity index (χ0n) is 11.8. The van der Waals surface area contributed by atoms with E-state index in [1.54, 1.807) is 0 Å². The van der Waals surface area contributed by atoms with Gasteiger partial charge < -0.3 is 10.2 Å². The highest BCUT2D eigenvalue weighted by molar-refractivity contribution is 4.80. The molecule has 2 nitrogen and oxygen atoms in total. The molecule has 2 unspecified atom stereocenters. The molecule has 1 heterocycles. The minimum absolute atomic E-state index is 0.790. The highest BCUT2D eigenvalue weighted by atomic mass is 15.1. The summed E-state index contributed by atoms with van der Waals surface area (Å²) >= 11 is 0. The van der Waals surface area contributed by atoms with Crippen molar-refractivity contribution in [3.63, 3.8) is 0 Å². The van der Waals surface area contributed by atoms with E-state index in [-0.39, 0.29) is 0 Å². The number of rotatable bonds is 4. The summed E-state index contributed by atoms with van der Waals surface area (Å²) in [6.07, 6.45) is 8.50. The maximum atomic E-state index is 3.79. The fourth-order valence-corrected chi connectivity index (χ4v) is 3.72. The van der Waals surface area contributed by atoms with Crippen molar-refractivity contribution in [2.24, 2.45) is 11.8 Å². The van der Waals surface area contributed by atoms with Crippen LogP contribution in [0.15, 0.2) is 0 Å². The predicted octanol–water partition coefficient (Wildman–Crippen LogP) is 2.89. The third-order valence-electron chi connectivity index (χ3n) is 4.49. The van der Waals surface area contributed by atoms with Crippen molar-refractivity contribution in [3.8, 4) is 0 Å². The van der Waals surface area contributed by atoms with E-state index in [9.17, 15) is 0 Å². The summed E-state index contributed by atoms with van der Waals surface area (Å²) in [5.41, 5.74) is 0. The molecule has 2 aliphatic rings. The van der Waals surface area contributed by atoms with Crippen LogP contribution < -0.4 is 5.32 Å². The molecule has 0 radical (unpaired) electrons. The molecule has 17 heavy (non-hydrogen) atoms. The van der Waals surface area contributed by atoms with Gasteiger partial charge in [0.25, 0.3) is 0 Å². The highest BCUT2D eigenvalue weighted by Gasteiger charge is 2.23. The quantitative estimate of drug-likeness (QED) is 0.810. The first-order valence-electron chi connectivity index (χ1n) is 7.70. The molecule has 1 aliphatic carbocycles. The standard InChI is InChI=1S/C15H30N2/c1-13-10-14(2)12-15(11-13)16-6-9-17-7-4-3-5-8-17/h13-16H,3-12H2,1-2H3. The van der Waals surface area contributed by atoms with Crippen molar-refractivity contribution in [2.75, 3.05) is 26.2 Å². The average Bonchev–Trinajstić information content (AvgIpc) is 2.29. The fraction of sp³-hybridized carbons (Fsp3) is 1.00. The van der Waals surface area contributed by atoms with Crippen molar-refractivity contribution in [2.45, 2.75) is 58.4 Å². The number of nitrogens with zero attached hydrogens (tertiary/aromatic N) is 1. The van der Waals surface area contributed by atoms with Gasteiger partial charge in [-0.3, -0.25) is 0 Å². The van der Waals surface area contributed by atoms with Crippen molar-refractivity contribution < 1.29 is 0 Å². The molecule has 100 valence electrons. The third-order valence-corrected chi connectivity index (χ3v) is 4.49. The Bertz CT molecular complexity index is 201. The van der Waals surface area contributed by atoms with Crippen LogP contribution >= 0.6 is 0 Å². The Balaban J connectivity index is 1.60. The van der Waals surface area contributed by atoms with Crippen LogP contribution in [0.1, 0.15) is 52.4 Å². The van der Waals surface area contributed by atoms with Gasteiger partial charge in [-0.05, 0) is 57.0 Å². The molecular weight excluding hydrogens is 208 g/mol. The van der Waals surface area contributed by atoms with Crippen LogP contribution in [-0.4, -0.2) is 37.1 Å². The third kappa shape index (κ3) is 4.59. The van der Waals surface area contributed by atoms with Crippen LogP contribution in [-0.2, 0) is 0 Å². The van der Waals surface area contributed by atoms with Crippen molar-refractivity contribution in [1.29, 1.82) is 0 Å². The second-order valence-electron chi connectivity index (χ2n) is 6.47. The number of hydrogen-bond acceptors (Lipinski definition) is 2. The molecule has 0 aromatic heterocycles. The van der Waals surface area contributed by atoms with Crippen LogP contribution in [0.3, 0.4) is 0 Å². The van der Waals surface area contributed by atoms with E-state index in [0.717, 1.165) is 17.9 Å². The Morgan fingerprint density at radius 1 is 0.941 bits per heavy atom. The fourth-order valence-electron chi connectivity index (χ4n) is 3.72. The molecule has 0 aromatic carbocycles. The Labute approximate surface area is 107 Å². The molecule has 0 bridgehead atoms. The highest BCUT2D eigenvalue weighted by Crippen LogP contribution is 2.28. The first kappa shape index (κ1) is 13.4. The minimum Gasteiger partial charge on any atom is -0.313 e. The molecule has 0 spiro atoms. The van der Waals surface area contributed by atoms with E-state index in [0.29, 0.717) is 0 Å². The van der Waals surface area contributed by atoms with Gasteiger partial charge in [0.05, 0.1) is 0 Å². The van der Waals surface area contributed by atoms with Gasteiger partial charge in [-0.25, -0.2) is 0 Å². The average molecular weight is 238 g/mol. The molecule has 2 rings (SSSR count). The maximum Gasteiger partial charge on any atom is 0.0107 e. The molecule has 1 N–H and O–H groups in total. The molecular formula is C15H30N2. The Morgan fingerprint density at radius 3 is 2.24 bits per heavy atom. The number of piperidine rings is 1. The van der Waals surface area contributed by atoms with Crippen molar-refractivity contribution in [3.05, 3.63) is 0 Å². The number of hydrogen-bond donors (Lipinski definition) is 1. The van der Waals surface area contributed by atoms with E-state index >= 15 is 0 Å².